The van der Waals surface area contributed by atoms with Gasteiger partial charge < -0.3 is 0 Å². The first kappa shape index (κ1) is 10.1. The summed E-state index contributed by atoms with van der Waals surface area (Å²) in [6.45, 7) is 0. The Balaban J connectivity index is 2.96. The minimum Gasteiger partial charge on any atom is -0.294 e. The Morgan fingerprint density at radius 3 is 2.80 bits per heavy atom. The summed E-state index contributed by atoms with van der Waals surface area (Å²) >= 11 is 5.73. The van der Waals surface area contributed by atoms with E-state index < -0.39 is 0 Å². The number of carbonyl (C=O) groups excluding carboxylic acids is 1. The van der Waals surface area contributed by atoms with E-state index in [1.54, 1.807) is 11.8 Å². The molecule has 0 radical (unpaired) electrons. The third kappa shape index (κ3) is 6.25. The number of carbonyl (C=O) groups is 1. The van der Waals surface area contributed by atoms with Gasteiger partial charge in [-0.05, 0) is 5.75 Å². The number of amides is 1. The molecule has 0 heterocycles. The number of thioether (sulfide) groups is 1. The molecule has 60 valence electrons. The van der Waals surface area contributed by atoms with Gasteiger partial charge >= 0.3 is 0 Å². The summed E-state index contributed by atoms with van der Waals surface area (Å²) in [6.07, 6.45) is 0.495. The minimum absolute atomic E-state index is 0.105. The van der Waals surface area contributed by atoms with Gasteiger partial charge in [0.1, 0.15) is 0 Å². The second-order valence-electron chi connectivity index (χ2n) is 1.65. The Hall–Kier alpha value is 0.130. The second kappa shape index (κ2) is 7.24. The van der Waals surface area contributed by atoms with Gasteiger partial charge in [-0.25, -0.2) is 5.84 Å². The van der Waals surface area contributed by atoms with Crippen LogP contribution in [-0.2, 0) is 4.79 Å². The van der Waals surface area contributed by atoms with Crippen LogP contribution in [0.3, 0.4) is 0 Å². The van der Waals surface area contributed by atoms with Crippen LogP contribution in [0.4, 0.5) is 0 Å². The lowest BCUT2D eigenvalue weighted by Gasteiger charge is -1.97. The summed E-state index contributed by atoms with van der Waals surface area (Å²) in [5.74, 6) is 7.42. The van der Waals surface area contributed by atoms with Gasteiger partial charge in [-0.1, -0.05) is 0 Å². The Bertz CT molecular complexity index is 99.6. The van der Waals surface area contributed by atoms with E-state index in [2.05, 4.69) is 18.1 Å². The van der Waals surface area contributed by atoms with Crippen molar-refractivity contribution in [2.24, 2.45) is 5.84 Å². The van der Waals surface area contributed by atoms with Gasteiger partial charge in [0.05, 0.1) is 0 Å². The summed E-state index contributed by atoms with van der Waals surface area (Å²) < 4.78 is 0. The fourth-order valence-electron chi connectivity index (χ4n) is 0.404. The minimum atomic E-state index is -0.105. The van der Waals surface area contributed by atoms with Crippen LogP contribution in [-0.4, -0.2) is 23.2 Å². The zero-order chi connectivity index (χ0) is 7.82. The van der Waals surface area contributed by atoms with E-state index in [9.17, 15) is 4.79 Å². The summed E-state index contributed by atoms with van der Waals surface area (Å²) in [5.41, 5.74) is 2.07. The maximum absolute atomic E-state index is 10.5. The fraction of sp³-hybridized carbons (Fsp3) is 0.800. The molecule has 0 unspecified atom stereocenters. The standard InChI is InChI=1S/C5H12N2OS2/c6-7-5(8)1-3-10-4-2-9/h9H,1-4,6H2,(H,7,8). The molecule has 0 aromatic heterocycles. The maximum atomic E-state index is 10.5. The highest BCUT2D eigenvalue weighted by atomic mass is 32.2. The van der Waals surface area contributed by atoms with E-state index >= 15 is 0 Å². The molecule has 5 heteroatoms. The average Bonchev–Trinajstić information content (AvgIpc) is 1.98. The van der Waals surface area contributed by atoms with Gasteiger partial charge in [-0.3, -0.25) is 10.2 Å². The van der Waals surface area contributed by atoms with Crippen molar-refractivity contribution in [3.05, 3.63) is 0 Å². The Morgan fingerprint density at radius 2 is 2.30 bits per heavy atom. The molecular formula is C5H12N2OS2. The topological polar surface area (TPSA) is 55.1 Å². The molecule has 0 aliphatic carbocycles. The molecule has 0 aliphatic rings. The first-order chi connectivity index (χ1) is 4.81. The highest BCUT2D eigenvalue weighted by Crippen LogP contribution is 2.01. The quantitative estimate of drug-likeness (QED) is 0.184. The van der Waals surface area contributed by atoms with E-state index in [0.717, 1.165) is 17.3 Å². The van der Waals surface area contributed by atoms with Crippen molar-refractivity contribution < 1.29 is 4.79 Å². The van der Waals surface area contributed by atoms with Gasteiger partial charge in [0, 0.05) is 17.9 Å². The van der Waals surface area contributed by atoms with Crippen LogP contribution in [0.25, 0.3) is 0 Å². The van der Waals surface area contributed by atoms with Crippen LogP contribution in [0.15, 0.2) is 0 Å². The van der Waals surface area contributed by atoms with E-state index in [1.165, 1.54) is 0 Å². The Kier molecular flexibility index (Phi) is 7.33. The van der Waals surface area contributed by atoms with E-state index in [4.69, 9.17) is 5.84 Å². The van der Waals surface area contributed by atoms with Crippen LogP contribution >= 0.6 is 24.4 Å². The lowest BCUT2D eigenvalue weighted by Crippen LogP contribution is -2.30. The van der Waals surface area contributed by atoms with Crippen molar-refractivity contribution in [1.29, 1.82) is 0 Å². The van der Waals surface area contributed by atoms with Crippen LogP contribution < -0.4 is 11.3 Å². The van der Waals surface area contributed by atoms with Crippen LogP contribution in [0.2, 0.25) is 0 Å². The summed E-state index contributed by atoms with van der Waals surface area (Å²) in [5, 5.41) is 0. The number of nitrogens with two attached hydrogens (primary N) is 1. The number of hydrazine groups is 1. The summed E-state index contributed by atoms with van der Waals surface area (Å²) in [7, 11) is 0. The fourth-order valence-corrected chi connectivity index (χ4v) is 1.45. The number of nitrogens with one attached hydrogen (secondary N) is 1. The van der Waals surface area contributed by atoms with E-state index in [-0.39, 0.29) is 5.91 Å². The Morgan fingerprint density at radius 1 is 1.60 bits per heavy atom. The van der Waals surface area contributed by atoms with Gasteiger partial charge in [0.2, 0.25) is 5.91 Å². The number of hydrogen-bond donors (Lipinski definition) is 3. The van der Waals surface area contributed by atoms with Gasteiger partial charge in [0.15, 0.2) is 0 Å². The van der Waals surface area contributed by atoms with Crippen molar-refractivity contribution in [3.63, 3.8) is 0 Å². The van der Waals surface area contributed by atoms with Crippen LogP contribution in [0.1, 0.15) is 6.42 Å². The molecule has 3 nitrogen and oxygen atoms in total. The second-order valence-corrected chi connectivity index (χ2v) is 3.33. The lowest BCUT2D eigenvalue weighted by atomic mass is 10.5. The maximum Gasteiger partial charge on any atom is 0.234 e. The number of hydrogen-bond acceptors (Lipinski definition) is 4. The predicted octanol–water partition coefficient (Wildman–Crippen LogP) is 0.0294. The van der Waals surface area contributed by atoms with E-state index in [1.807, 2.05) is 0 Å². The molecule has 0 saturated heterocycles. The molecule has 10 heavy (non-hydrogen) atoms. The lowest BCUT2D eigenvalue weighted by molar-refractivity contribution is -0.120. The third-order valence-corrected chi connectivity index (χ3v) is 2.38. The zero-order valence-corrected chi connectivity index (χ0v) is 7.38. The largest absolute Gasteiger partial charge is 0.294 e. The van der Waals surface area contributed by atoms with Gasteiger partial charge in [-0.2, -0.15) is 24.4 Å². The molecule has 0 atom stereocenters. The summed E-state index contributed by atoms with van der Waals surface area (Å²) in [4.78, 5) is 10.5. The molecule has 3 N–H and O–H groups in total. The summed E-state index contributed by atoms with van der Waals surface area (Å²) in [6, 6.07) is 0. The molecule has 0 aliphatic heterocycles. The van der Waals surface area contributed by atoms with E-state index in [0.29, 0.717) is 6.42 Å². The number of rotatable bonds is 5. The van der Waals surface area contributed by atoms with Crippen molar-refractivity contribution in [2.75, 3.05) is 17.3 Å². The first-order valence-corrected chi connectivity index (χ1v) is 4.78. The monoisotopic (exact) mass is 180 g/mol. The molecule has 0 fully saturated rings. The number of thiol groups is 1. The first-order valence-electron chi connectivity index (χ1n) is 2.99. The molecule has 0 spiro atoms. The van der Waals surface area contributed by atoms with Crippen molar-refractivity contribution in [2.45, 2.75) is 6.42 Å². The van der Waals surface area contributed by atoms with Crippen LogP contribution in [0, 0.1) is 0 Å². The molecule has 0 saturated carbocycles. The van der Waals surface area contributed by atoms with Crippen molar-refractivity contribution in [3.8, 4) is 0 Å². The normalized spacial score (nSPS) is 9.40. The zero-order valence-electron chi connectivity index (χ0n) is 5.67. The molecular weight excluding hydrogens is 168 g/mol. The smallest absolute Gasteiger partial charge is 0.234 e. The highest BCUT2D eigenvalue weighted by Gasteiger charge is 1.95. The van der Waals surface area contributed by atoms with Gasteiger partial charge in [0.25, 0.3) is 0 Å². The third-order valence-electron chi connectivity index (χ3n) is 0.870. The molecule has 0 aromatic carbocycles. The van der Waals surface area contributed by atoms with Crippen LogP contribution in [0.5, 0.6) is 0 Å². The molecule has 0 bridgehead atoms. The van der Waals surface area contributed by atoms with Crippen molar-refractivity contribution in [1.82, 2.24) is 5.43 Å². The molecule has 1 amide bonds. The highest BCUT2D eigenvalue weighted by molar-refractivity contribution is 7.99. The molecule has 0 rings (SSSR count). The Labute approximate surface area is 70.5 Å². The predicted molar refractivity (Wildman–Crippen MR) is 48.1 cm³/mol. The SMILES string of the molecule is NNC(=O)CCSCCS. The van der Waals surface area contributed by atoms with Gasteiger partial charge in [-0.15, -0.1) is 0 Å². The van der Waals surface area contributed by atoms with Crippen molar-refractivity contribution >= 4 is 30.3 Å². The average molecular weight is 180 g/mol. The molecule has 0 aromatic rings.